The number of hydrogen-bond donors (Lipinski definition) is 1. The van der Waals surface area contributed by atoms with Gasteiger partial charge in [0, 0.05) is 5.69 Å². The lowest BCUT2D eigenvalue weighted by molar-refractivity contribution is -0.385. The summed E-state index contributed by atoms with van der Waals surface area (Å²) in [4.78, 5) is 17.8. The highest BCUT2D eigenvalue weighted by Gasteiger charge is 2.22. The Balaban J connectivity index is 2.47. The van der Waals surface area contributed by atoms with Gasteiger partial charge >= 0.3 is 5.69 Å². The Bertz CT molecular complexity index is 696. The molecule has 1 heterocycles. The second-order valence-corrected chi connectivity index (χ2v) is 4.53. The zero-order chi connectivity index (χ0) is 14.9. The van der Waals surface area contributed by atoms with Crippen LogP contribution in [0.25, 0.3) is 0 Å². The summed E-state index contributed by atoms with van der Waals surface area (Å²) in [5.41, 5.74) is 0.0286. The van der Waals surface area contributed by atoms with Crippen LogP contribution >= 0.6 is 23.2 Å². The van der Waals surface area contributed by atoms with E-state index in [2.05, 4.69) is 15.3 Å². The predicted molar refractivity (Wildman–Crippen MR) is 73.1 cm³/mol. The van der Waals surface area contributed by atoms with Crippen LogP contribution in [0.4, 0.5) is 21.6 Å². The predicted octanol–water partition coefficient (Wildman–Crippen LogP) is 3.88. The number of nitro groups is 1. The molecule has 1 N–H and O–H groups in total. The molecule has 1 aromatic heterocycles. The highest BCUT2D eigenvalue weighted by Crippen LogP contribution is 2.30. The Morgan fingerprint density at radius 3 is 2.65 bits per heavy atom. The van der Waals surface area contributed by atoms with E-state index in [1.54, 1.807) is 0 Å². The molecule has 0 amide bonds. The van der Waals surface area contributed by atoms with Crippen molar-refractivity contribution < 1.29 is 9.31 Å². The van der Waals surface area contributed by atoms with Crippen molar-refractivity contribution in [2.45, 2.75) is 6.92 Å². The minimum absolute atomic E-state index is 0.0537. The van der Waals surface area contributed by atoms with Gasteiger partial charge in [-0.3, -0.25) is 10.1 Å². The number of aromatic nitrogens is 2. The summed E-state index contributed by atoms with van der Waals surface area (Å²) < 4.78 is 13.3. The summed E-state index contributed by atoms with van der Waals surface area (Å²) in [5.74, 6) is -0.773. The number of hydrogen-bond acceptors (Lipinski definition) is 5. The number of nitrogens with one attached hydrogen (secondary N) is 1. The first-order valence-corrected chi connectivity index (χ1v) is 6.04. The molecule has 0 unspecified atom stereocenters. The largest absolute Gasteiger partial charge is 0.334 e. The molecule has 0 atom stereocenters. The van der Waals surface area contributed by atoms with Crippen LogP contribution in [0.2, 0.25) is 10.3 Å². The van der Waals surface area contributed by atoms with E-state index < -0.39 is 10.7 Å². The third-order valence-corrected chi connectivity index (χ3v) is 2.87. The molecule has 104 valence electrons. The third kappa shape index (κ3) is 2.94. The summed E-state index contributed by atoms with van der Waals surface area (Å²) in [5, 5.41) is 13.4. The van der Waals surface area contributed by atoms with Gasteiger partial charge in [-0.1, -0.05) is 11.6 Å². The van der Waals surface area contributed by atoms with Crippen LogP contribution in [-0.2, 0) is 0 Å². The fourth-order valence-electron chi connectivity index (χ4n) is 1.55. The Labute approximate surface area is 122 Å². The SMILES string of the molecule is Cc1nc(Cl)nc(Nc2ccc(Cl)c(F)c2)c1[N+](=O)[O-]. The molecule has 20 heavy (non-hydrogen) atoms. The summed E-state index contributed by atoms with van der Waals surface area (Å²) in [6, 6.07) is 3.87. The molecular formula is C11H7Cl2FN4O2. The number of rotatable bonds is 3. The van der Waals surface area contributed by atoms with Crippen molar-refractivity contribution >= 4 is 40.4 Å². The smallest absolute Gasteiger partial charge is 0.332 e. The molecule has 1 aromatic carbocycles. The second-order valence-electron chi connectivity index (χ2n) is 3.79. The lowest BCUT2D eigenvalue weighted by Gasteiger charge is -2.08. The summed E-state index contributed by atoms with van der Waals surface area (Å²) in [6.07, 6.45) is 0. The average Bonchev–Trinajstić information content (AvgIpc) is 2.32. The van der Waals surface area contributed by atoms with Crippen molar-refractivity contribution in [1.29, 1.82) is 0 Å². The summed E-state index contributed by atoms with van der Waals surface area (Å²) in [7, 11) is 0. The second kappa shape index (κ2) is 5.56. The minimum Gasteiger partial charge on any atom is -0.334 e. The fraction of sp³-hybridized carbons (Fsp3) is 0.0909. The molecule has 2 rings (SSSR count). The van der Waals surface area contributed by atoms with Gasteiger partial charge in [0.15, 0.2) is 0 Å². The fourth-order valence-corrected chi connectivity index (χ4v) is 1.88. The molecule has 0 bridgehead atoms. The van der Waals surface area contributed by atoms with Gasteiger partial charge in [-0.15, -0.1) is 0 Å². The van der Waals surface area contributed by atoms with Gasteiger partial charge in [-0.2, -0.15) is 4.98 Å². The molecule has 6 nitrogen and oxygen atoms in total. The highest BCUT2D eigenvalue weighted by molar-refractivity contribution is 6.30. The molecule has 2 aromatic rings. The van der Waals surface area contributed by atoms with Gasteiger partial charge in [0.1, 0.15) is 11.5 Å². The molecule has 0 aliphatic heterocycles. The molecule has 0 aliphatic rings. The number of halogens is 3. The minimum atomic E-state index is -0.656. The zero-order valence-electron chi connectivity index (χ0n) is 10.0. The van der Waals surface area contributed by atoms with Crippen LogP contribution < -0.4 is 5.32 Å². The van der Waals surface area contributed by atoms with Crippen molar-refractivity contribution in [1.82, 2.24) is 9.97 Å². The molecule has 0 spiro atoms. The molecule has 0 saturated heterocycles. The van der Waals surface area contributed by atoms with E-state index in [4.69, 9.17) is 23.2 Å². The normalized spacial score (nSPS) is 10.4. The van der Waals surface area contributed by atoms with Crippen molar-refractivity contribution in [2.75, 3.05) is 5.32 Å². The lowest BCUT2D eigenvalue weighted by atomic mass is 10.3. The maximum absolute atomic E-state index is 13.3. The van der Waals surface area contributed by atoms with Gasteiger partial charge in [0.2, 0.25) is 11.1 Å². The van der Waals surface area contributed by atoms with Gasteiger partial charge < -0.3 is 5.32 Å². The van der Waals surface area contributed by atoms with Gasteiger partial charge in [0.05, 0.1) is 9.95 Å². The quantitative estimate of drug-likeness (QED) is 0.528. The van der Waals surface area contributed by atoms with Crippen molar-refractivity contribution in [3.63, 3.8) is 0 Å². The number of anilines is 2. The number of aryl methyl sites for hydroxylation is 1. The summed E-state index contributed by atoms with van der Waals surface area (Å²) >= 11 is 11.2. The first-order chi connectivity index (χ1) is 9.38. The Kier molecular flexibility index (Phi) is 4.01. The highest BCUT2D eigenvalue weighted by atomic mass is 35.5. The van der Waals surface area contributed by atoms with Crippen molar-refractivity contribution in [2.24, 2.45) is 0 Å². The third-order valence-electron chi connectivity index (χ3n) is 2.40. The molecule has 0 aliphatic carbocycles. The van der Waals surface area contributed by atoms with Crippen LogP contribution in [0.1, 0.15) is 5.69 Å². The van der Waals surface area contributed by atoms with Crippen LogP contribution in [0.15, 0.2) is 18.2 Å². The van der Waals surface area contributed by atoms with E-state index in [9.17, 15) is 14.5 Å². The first kappa shape index (κ1) is 14.4. The van der Waals surface area contributed by atoms with Crippen molar-refractivity contribution in [3.8, 4) is 0 Å². The average molecular weight is 317 g/mol. The van der Waals surface area contributed by atoms with Crippen LogP contribution in [-0.4, -0.2) is 14.9 Å². The van der Waals surface area contributed by atoms with Crippen LogP contribution in [0.5, 0.6) is 0 Å². The van der Waals surface area contributed by atoms with Crippen LogP contribution in [0, 0.1) is 22.9 Å². The first-order valence-electron chi connectivity index (χ1n) is 5.29. The van der Waals surface area contributed by atoms with Crippen molar-refractivity contribution in [3.05, 3.63) is 50.1 Å². The Hall–Kier alpha value is -1.99. The maximum atomic E-state index is 13.3. The maximum Gasteiger partial charge on any atom is 0.332 e. The standard InChI is InChI=1S/C11H7Cl2FN4O2/c1-5-9(18(19)20)10(17-11(13)15-5)16-6-2-3-7(12)8(14)4-6/h2-4H,1H3,(H,15,16,17). The molecule has 0 fully saturated rings. The molecule has 9 heteroatoms. The van der Waals surface area contributed by atoms with E-state index in [1.165, 1.54) is 19.1 Å². The van der Waals surface area contributed by atoms with E-state index in [-0.39, 0.29) is 33.2 Å². The van der Waals surface area contributed by atoms with E-state index >= 15 is 0 Å². The van der Waals surface area contributed by atoms with Gasteiger partial charge in [0.25, 0.3) is 0 Å². The Morgan fingerprint density at radius 1 is 1.35 bits per heavy atom. The topological polar surface area (TPSA) is 81.0 Å². The lowest BCUT2D eigenvalue weighted by Crippen LogP contribution is -2.04. The number of benzene rings is 1. The Morgan fingerprint density at radius 2 is 2.05 bits per heavy atom. The number of nitrogens with zero attached hydrogens (tertiary/aromatic N) is 3. The summed E-state index contributed by atoms with van der Waals surface area (Å²) in [6.45, 7) is 1.43. The van der Waals surface area contributed by atoms with Gasteiger partial charge in [-0.25, -0.2) is 9.37 Å². The van der Waals surface area contributed by atoms with E-state index in [0.29, 0.717) is 0 Å². The zero-order valence-corrected chi connectivity index (χ0v) is 11.5. The monoisotopic (exact) mass is 316 g/mol. The van der Waals surface area contributed by atoms with E-state index in [1.807, 2.05) is 0 Å². The van der Waals surface area contributed by atoms with E-state index in [0.717, 1.165) is 6.07 Å². The molecule has 0 radical (unpaired) electrons. The molecular weight excluding hydrogens is 310 g/mol. The van der Waals surface area contributed by atoms with Crippen LogP contribution in [0.3, 0.4) is 0 Å². The molecule has 0 saturated carbocycles. The van der Waals surface area contributed by atoms with Gasteiger partial charge in [-0.05, 0) is 36.7 Å².